The van der Waals surface area contributed by atoms with Crippen LogP contribution >= 0.6 is 0 Å². The largest absolute Gasteiger partial charge is 0.493 e. The van der Waals surface area contributed by atoms with Gasteiger partial charge < -0.3 is 20.1 Å². The fourth-order valence-corrected chi connectivity index (χ4v) is 3.50. The molecule has 8 heteroatoms. The Morgan fingerprint density at radius 3 is 2.44 bits per heavy atom. The third kappa shape index (κ3) is 6.13. The van der Waals surface area contributed by atoms with Crippen LogP contribution in [0.1, 0.15) is 5.56 Å². The monoisotopic (exact) mass is 393 g/mol. The fourth-order valence-electron chi connectivity index (χ4n) is 2.46. The number of nitrogens with two attached hydrogens (primary N) is 1. The Labute approximate surface area is 161 Å². The lowest BCUT2D eigenvalue weighted by Gasteiger charge is -2.17. The Hall–Kier alpha value is -2.29. The molecule has 0 aromatic heterocycles. The molecular weight excluding hydrogens is 366 g/mol. The number of nitrogens with zero attached hydrogens (tertiary/aromatic N) is 1. The van der Waals surface area contributed by atoms with E-state index in [1.807, 2.05) is 37.2 Å². The highest BCUT2D eigenvalue weighted by Gasteiger charge is 2.15. The first-order valence-corrected chi connectivity index (χ1v) is 10.1. The van der Waals surface area contributed by atoms with E-state index in [9.17, 15) is 8.42 Å². The summed E-state index contributed by atoms with van der Waals surface area (Å²) in [5.74, 6) is 1.28. The normalized spacial score (nSPS) is 11.6. The van der Waals surface area contributed by atoms with Gasteiger partial charge in [-0.25, -0.2) is 13.1 Å². The maximum atomic E-state index is 12.4. The molecule has 2 rings (SSSR count). The zero-order chi connectivity index (χ0) is 19.9. The number of sulfonamides is 1. The topological polar surface area (TPSA) is 93.9 Å². The number of rotatable bonds is 10. The minimum absolute atomic E-state index is 0.185. The summed E-state index contributed by atoms with van der Waals surface area (Å²) in [5, 5.41) is 0. The van der Waals surface area contributed by atoms with Crippen LogP contribution in [0.15, 0.2) is 47.4 Å². The van der Waals surface area contributed by atoms with Gasteiger partial charge >= 0.3 is 0 Å². The molecule has 148 valence electrons. The molecule has 0 saturated carbocycles. The molecule has 0 bridgehead atoms. The van der Waals surface area contributed by atoms with Gasteiger partial charge in [-0.15, -0.1) is 0 Å². The molecule has 0 amide bonds. The molecule has 0 aliphatic carbocycles. The number of para-hydroxylation sites is 1. The van der Waals surface area contributed by atoms with Crippen LogP contribution in [0.2, 0.25) is 0 Å². The van der Waals surface area contributed by atoms with Crippen molar-refractivity contribution in [2.75, 3.05) is 46.6 Å². The smallest absolute Gasteiger partial charge is 0.240 e. The quantitative estimate of drug-likeness (QED) is 0.597. The lowest BCUT2D eigenvalue weighted by Crippen LogP contribution is -2.26. The first kappa shape index (κ1) is 21.0. The summed E-state index contributed by atoms with van der Waals surface area (Å²) >= 11 is 0. The van der Waals surface area contributed by atoms with Crippen LogP contribution in [-0.2, 0) is 16.4 Å². The van der Waals surface area contributed by atoms with E-state index in [0.717, 1.165) is 12.1 Å². The minimum atomic E-state index is -3.59. The third-order valence-corrected chi connectivity index (χ3v) is 5.42. The van der Waals surface area contributed by atoms with Crippen molar-refractivity contribution in [3.63, 3.8) is 0 Å². The van der Waals surface area contributed by atoms with Gasteiger partial charge in [0.1, 0.15) is 6.61 Å². The van der Waals surface area contributed by atoms with Crippen molar-refractivity contribution in [3.05, 3.63) is 48.0 Å². The van der Waals surface area contributed by atoms with Crippen molar-refractivity contribution in [1.29, 1.82) is 0 Å². The van der Waals surface area contributed by atoms with Crippen molar-refractivity contribution in [3.8, 4) is 11.5 Å². The van der Waals surface area contributed by atoms with E-state index in [2.05, 4.69) is 4.72 Å². The van der Waals surface area contributed by atoms with E-state index in [-0.39, 0.29) is 11.4 Å². The molecule has 0 unspecified atom stereocenters. The van der Waals surface area contributed by atoms with Gasteiger partial charge in [0.2, 0.25) is 10.0 Å². The number of hydrogen-bond donors (Lipinski definition) is 2. The molecule has 0 aliphatic heterocycles. The number of anilines is 1. The summed E-state index contributed by atoms with van der Waals surface area (Å²) in [4.78, 5) is 2.21. The van der Waals surface area contributed by atoms with Crippen LogP contribution in [-0.4, -0.2) is 54.2 Å². The highest BCUT2D eigenvalue weighted by atomic mass is 32.2. The summed E-state index contributed by atoms with van der Waals surface area (Å²) in [6.45, 7) is 1.52. The molecule has 0 spiro atoms. The summed E-state index contributed by atoms with van der Waals surface area (Å²) < 4.78 is 38.6. The first-order chi connectivity index (χ1) is 12.8. The number of methoxy groups -OCH3 is 1. The predicted molar refractivity (Wildman–Crippen MR) is 107 cm³/mol. The average molecular weight is 394 g/mol. The SMILES string of the molecule is COc1cccc(CCNS(=O)(=O)c2ccc(N)cc2)c1OCCN(C)C. The van der Waals surface area contributed by atoms with E-state index >= 15 is 0 Å². The van der Waals surface area contributed by atoms with Gasteiger partial charge in [0.15, 0.2) is 11.5 Å². The molecule has 7 nitrogen and oxygen atoms in total. The number of likely N-dealkylation sites (N-methyl/N-ethyl adjacent to an activating group) is 1. The summed E-state index contributed by atoms with van der Waals surface area (Å²) in [6.07, 6.45) is 0.475. The van der Waals surface area contributed by atoms with Crippen LogP contribution < -0.4 is 19.9 Å². The molecule has 0 atom stereocenters. The number of nitrogen functional groups attached to an aromatic ring is 1. The van der Waals surface area contributed by atoms with Gasteiger partial charge in [-0.2, -0.15) is 0 Å². The lowest BCUT2D eigenvalue weighted by atomic mass is 10.1. The molecule has 0 saturated heterocycles. The fraction of sp³-hybridized carbons (Fsp3) is 0.368. The molecular formula is C19H27N3O4S. The predicted octanol–water partition coefficient (Wildman–Crippen LogP) is 1.74. The molecule has 0 aliphatic rings. The zero-order valence-electron chi connectivity index (χ0n) is 15.9. The molecule has 27 heavy (non-hydrogen) atoms. The number of nitrogens with one attached hydrogen (secondary N) is 1. The van der Waals surface area contributed by atoms with Crippen molar-refractivity contribution >= 4 is 15.7 Å². The van der Waals surface area contributed by atoms with Crippen LogP contribution in [0.4, 0.5) is 5.69 Å². The third-order valence-electron chi connectivity index (χ3n) is 3.94. The lowest BCUT2D eigenvalue weighted by molar-refractivity contribution is 0.248. The van der Waals surface area contributed by atoms with Gasteiger partial charge in [0, 0.05) is 18.8 Å². The first-order valence-electron chi connectivity index (χ1n) is 8.62. The van der Waals surface area contributed by atoms with E-state index in [1.54, 1.807) is 19.2 Å². The second kappa shape index (κ2) is 9.59. The Balaban J connectivity index is 2.05. The van der Waals surface area contributed by atoms with E-state index in [4.69, 9.17) is 15.2 Å². The van der Waals surface area contributed by atoms with Gasteiger partial charge in [-0.05, 0) is 56.4 Å². The standard InChI is InChI=1S/C19H27N3O4S/c1-22(2)13-14-26-19-15(5-4-6-18(19)25-3)11-12-21-27(23,24)17-9-7-16(20)8-10-17/h4-10,21H,11-14,20H2,1-3H3. The number of hydrogen-bond acceptors (Lipinski definition) is 6. The molecule has 0 heterocycles. The van der Waals surface area contributed by atoms with Crippen LogP contribution in [0.5, 0.6) is 11.5 Å². The highest BCUT2D eigenvalue weighted by Crippen LogP contribution is 2.31. The van der Waals surface area contributed by atoms with E-state index in [1.165, 1.54) is 12.1 Å². The van der Waals surface area contributed by atoms with Crippen molar-refractivity contribution in [1.82, 2.24) is 9.62 Å². The molecule has 0 fully saturated rings. The molecule has 3 N–H and O–H groups in total. The summed E-state index contributed by atoms with van der Waals surface area (Å²) in [5.41, 5.74) is 7.01. The second-order valence-electron chi connectivity index (χ2n) is 6.32. The number of ether oxygens (including phenoxy) is 2. The Kier molecular flexibility index (Phi) is 7.46. The van der Waals surface area contributed by atoms with E-state index < -0.39 is 10.0 Å². The number of benzene rings is 2. The van der Waals surface area contributed by atoms with Crippen LogP contribution in [0.25, 0.3) is 0 Å². The van der Waals surface area contributed by atoms with Gasteiger partial charge in [-0.1, -0.05) is 12.1 Å². The molecule has 0 radical (unpaired) electrons. The highest BCUT2D eigenvalue weighted by molar-refractivity contribution is 7.89. The van der Waals surface area contributed by atoms with Crippen LogP contribution in [0.3, 0.4) is 0 Å². The summed E-state index contributed by atoms with van der Waals surface area (Å²) in [6, 6.07) is 11.7. The molecule has 2 aromatic rings. The second-order valence-corrected chi connectivity index (χ2v) is 8.08. The van der Waals surface area contributed by atoms with Gasteiger partial charge in [-0.3, -0.25) is 0 Å². The maximum absolute atomic E-state index is 12.4. The maximum Gasteiger partial charge on any atom is 0.240 e. The van der Waals surface area contributed by atoms with E-state index in [0.29, 0.717) is 30.2 Å². The van der Waals surface area contributed by atoms with Gasteiger partial charge in [0.05, 0.1) is 12.0 Å². The Morgan fingerprint density at radius 1 is 1.11 bits per heavy atom. The Bertz CT molecular complexity index is 837. The van der Waals surface area contributed by atoms with Crippen molar-refractivity contribution < 1.29 is 17.9 Å². The Morgan fingerprint density at radius 2 is 1.81 bits per heavy atom. The zero-order valence-corrected chi connectivity index (χ0v) is 16.8. The van der Waals surface area contributed by atoms with Crippen molar-refractivity contribution in [2.24, 2.45) is 0 Å². The van der Waals surface area contributed by atoms with Gasteiger partial charge in [0.25, 0.3) is 0 Å². The average Bonchev–Trinajstić information content (AvgIpc) is 2.62. The molecule has 2 aromatic carbocycles. The summed E-state index contributed by atoms with van der Waals surface area (Å²) in [7, 11) is 1.94. The minimum Gasteiger partial charge on any atom is -0.493 e. The van der Waals surface area contributed by atoms with Crippen LogP contribution in [0, 0.1) is 0 Å². The van der Waals surface area contributed by atoms with Crippen molar-refractivity contribution in [2.45, 2.75) is 11.3 Å².